The van der Waals surface area contributed by atoms with Crippen molar-refractivity contribution in [2.45, 2.75) is 51.5 Å². The maximum Gasteiger partial charge on any atom is 0.191 e. The second-order valence-electron chi connectivity index (χ2n) is 8.16. The minimum Gasteiger partial charge on any atom is -0.393 e. The number of hydrogen-bond donors (Lipinski definition) is 4. The molecule has 6 nitrogen and oxygen atoms in total. The number of hydrogen-bond acceptors (Lipinski definition) is 5. The third-order valence-corrected chi connectivity index (χ3v) is 6.18. The van der Waals surface area contributed by atoms with E-state index in [0.717, 1.165) is 50.1 Å². The zero-order chi connectivity index (χ0) is 21.4. The van der Waals surface area contributed by atoms with Gasteiger partial charge in [-0.1, -0.05) is 24.3 Å². The fourth-order valence-electron chi connectivity index (χ4n) is 3.53. The SMILES string of the molecule is CCNC(=NCc1ccc(CN2CCC(O)CC2)cc1)NCC(C)(O)c1ccsc1. The number of rotatable bonds is 8. The van der Waals surface area contributed by atoms with E-state index in [1.54, 1.807) is 11.3 Å². The van der Waals surface area contributed by atoms with Crippen LogP contribution >= 0.6 is 11.3 Å². The summed E-state index contributed by atoms with van der Waals surface area (Å²) in [7, 11) is 0. The molecule has 7 heteroatoms. The van der Waals surface area contributed by atoms with Gasteiger partial charge >= 0.3 is 0 Å². The van der Waals surface area contributed by atoms with Gasteiger partial charge in [0.25, 0.3) is 0 Å². The molecule has 0 aliphatic carbocycles. The summed E-state index contributed by atoms with van der Waals surface area (Å²) in [5.74, 6) is 0.698. The number of aliphatic hydroxyl groups is 2. The Labute approximate surface area is 183 Å². The van der Waals surface area contributed by atoms with Gasteiger partial charge in [0.05, 0.1) is 19.2 Å². The van der Waals surface area contributed by atoms with Crippen molar-refractivity contribution in [1.82, 2.24) is 15.5 Å². The zero-order valence-corrected chi connectivity index (χ0v) is 18.8. The van der Waals surface area contributed by atoms with Crippen molar-refractivity contribution in [1.29, 1.82) is 0 Å². The van der Waals surface area contributed by atoms with Crippen molar-refractivity contribution >= 4 is 17.3 Å². The van der Waals surface area contributed by atoms with Crippen LogP contribution < -0.4 is 10.6 Å². The standard InChI is InChI=1S/C23H34N4O2S/c1-3-24-22(26-17-23(2,29)20-10-13-30-16-20)25-14-18-4-6-19(7-5-18)15-27-11-8-21(28)9-12-27/h4-7,10,13,16,21,28-29H,3,8-9,11-12,14-15,17H2,1-2H3,(H2,24,25,26). The van der Waals surface area contributed by atoms with Gasteiger partial charge in [-0.25, -0.2) is 4.99 Å². The number of nitrogens with one attached hydrogen (secondary N) is 2. The van der Waals surface area contributed by atoms with Crippen LogP contribution in [0.2, 0.25) is 0 Å². The summed E-state index contributed by atoms with van der Waals surface area (Å²) >= 11 is 1.58. The van der Waals surface area contributed by atoms with Gasteiger partial charge in [0.15, 0.2) is 5.96 Å². The molecule has 1 fully saturated rings. The van der Waals surface area contributed by atoms with E-state index in [2.05, 4.69) is 44.8 Å². The van der Waals surface area contributed by atoms with E-state index in [4.69, 9.17) is 0 Å². The van der Waals surface area contributed by atoms with E-state index in [1.165, 1.54) is 5.56 Å². The topological polar surface area (TPSA) is 80.1 Å². The van der Waals surface area contributed by atoms with Crippen LogP contribution in [0.25, 0.3) is 0 Å². The van der Waals surface area contributed by atoms with Crippen molar-refractivity contribution < 1.29 is 10.2 Å². The maximum absolute atomic E-state index is 10.7. The molecule has 1 aliphatic heterocycles. The molecular weight excluding hydrogens is 396 g/mol. The van der Waals surface area contributed by atoms with Crippen molar-refractivity contribution in [3.63, 3.8) is 0 Å². The van der Waals surface area contributed by atoms with Gasteiger partial charge in [-0.05, 0) is 60.2 Å². The highest BCUT2D eigenvalue weighted by Crippen LogP contribution is 2.22. The van der Waals surface area contributed by atoms with Gasteiger partial charge in [-0.3, -0.25) is 4.90 Å². The summed E-state index contributed by atoms with van der Waals surface area (Å²) in [5, 5.41) is 30.8. The number of aliphatic imine (C=N–C) groups is 1. The van der Waals surface area contributed by atoms with Gasteiger partial charge in [0, 0.05) is 26.2 Å². The first kappa shape index (κ1) is 22.7. The summed E-state index contributed by atoms with van der Waals surface area (Å²) in [4.78, 5) is 7.06. The fraction of sp³-hybridized carbons (Fsp3) is 0.522. The first-order chi connectivity index (χ1) is 14.5. The Balaban J connectivity index is 1.52. The number of aliphatic hydroxyl groups excluding tert-OH is 1. The van der Waals surface area contributed by atoms with Crippen molar-refractivity contribution in [2.75, 3.05) is 26.2 Å². The van der Waals surface area contributed by atoms with Crippen LogP contribution in [0.3, 0.4) is 0 Å². The molecule has 1 aromatic heterocycles. The van der Waals surface area contributed by atoms with E-state index >= 15 is 0 Å². The van der Waals surface area contributed by atoms with Crippen molar-refractivity contribution in [3.05, 3.63) is 57.8 Å². The average Bonchev–Trinajstić information content (AvgIpc) is 3.29. The monoisotopic (exact) mass is 430 g/mol. The van der Waals surface area contributed by atoms with Crippen LogP contribution in [0.5, 0.6) is 0 Å². The largest absolute Gasteiger partial charge is 0.393 e. The van der Waals surface area contributed by atoms with Crippen LogP contribution in [0.1, 0.15) is 43.4 Å². The molecule has 0 bridgehead atoms. The number of guanidine groups is 1. The molecule has 0 radical (unpaired) electrons. The highest BCUT2D eigenvalue weighted by atomic mass is 32.1. The lowest BCUT2D eigenvalue weighted by molar-refractivity contribution is 0.0621. The molecule has 1 aliphatic rings. The maximum atomic E-state index is 10.7. The smallest absolute Gasteiger partial charge is 0.191 e. The highest BCUT2D eigenvalue weighted by Gasteiger charge is 2.23. The van der Waals surface area contributed by atoms with E-state index < -0.39 is 5.60 Å². The molecule has 1 saturated heterocycles. The van der Waals surface area contributed by atoms with E-state index in [0.29, 0.717) is 19.0 Å². The molecule has 4 N–H and O–H groups in total. The Morgan fingerprint density at radius 3 is 2.50 bits per heavy atom. The summed E-state index contributed by atoms with van der Waals surface area (Å²) in [6, 6.07) is 10.5. The number of benzene rings is 1. The predicted molar refractivity (Wildman–Crippen MR) is 124 cm³/mol. The quantitative estimate of drug-likeness (QED) is 0.383. The molecular formula is C23H34N4O2S. The third kappa shape index (κ3) is 6.80. The Morgan fingerprint density at radius 1 is 1.17 bits per heavy atom. The van der Waals surface area contributed by atoms with Crippen LogP contribution in [0.15, 0.2) is 46.1 Å². The zero-order valence-electron chi connectivity index (χ0n) is 18.0. The third-order valence-electron chi connectivity index (χ3n) is 5.49. The van der Waals surface area contributed by atoms with Crippen molar-refractivity contribution in [3.8, 4) is 0 Å². The van der Waals surface area contributed by atoms with Crippen LogP contribution in [-0.4, -0.2) is 53.4 Å². The van der Waals surface area contributed by atoms with Crippen LogP contribution in [-0.2, 0) is 18.7 Å². The number of thiophene rings is 1. The first-order valence-electron chi connectivity index (χ1n) is 10.7. The molecule has 164 valence electrons. The minimum atomic E-state index is -0.942. The lowest BCUT2D eigenvalue weighted by atomic mass is 9.99. The van der Waals surface area contributed by atoms with Crippen LogP contribution in [0.4, 0.5) is 0 Å². The molecule has 0 saturated carbocycles. The molecule has 2 heterocycles. The van der Waals surface area contributed by atoms with Gasteiger partial charge in [-0.15, -0.1) is 0 Å². The molecule has 1 atom stereocenters. The first-order valence-corrected chi connectivity index (χ1v) is 11.7. The Kier molecular flexibility index (Phi) is 8.27. The van der Waals surface area contributed by atoms with Gasteiger partial charge in [-0.2, -0.15) is 11.3 Å². The highest BCUT2D eigenvalue weighted by molar-refractivity contribution is 7.08. The van der Waals surface area contributed by atoms with Crippen molar-refractivity contribution in [2.24, 2.45) is 4.99 Å². The molecule has 1 unspecified atom stereocenters. The number of likely N-dealkylation sites (tertiary alicyclic amines) is 1. The van der Waals surface area contributed by atoms with E-state index in [-0.39, 0.29) is 6.10 Å². The van der Waals surface area contributed by atoms with E-state index in [9.17, 15) is 10.2 Å². The second kappa shape index (κ2) is 10.9. The summed E-state index contributed by atoms with van der Waals surface area (Å²) in [6.07, 6.45) is 1.61. The van der Waals surface area contributed by atoms with Gasteiger partial charge in [0.1, 0.15) is 5.60 Å². The summed E-state index contributed by atoms with van der Waals surface area (Å²) < 4.78 is 0. The lowest BCUT2D eigenvalue weighted by Gasteiger charge is -2.29. The molecule has 30 heavy (non-hydrogen) atoms. The number of piperidine rings is 1. The Bertz CT molecular complexity index is 782. The normalized spacial score (nSPS) is 18.2. The molecule has 0 amide bonds. The fourth-order valence-corrected chi connectivity index (χ4v) is 4.31. The molecule has 3 rings (SSSR count). The lowest BCUT2D eigenvalue weighted by Crippen LogP contribution is -2.44. The van der Waals surface area contributed by atoms with Crippen LogP contribution in [0, 0.1) is 0 Å². The Hall–Kier alpha value is -1.93. The summed E-state index contributed by atoms with van der Waals surface area (Å²) in [5.41, 5.74) is 2.41. The minimum absolute atomic E-state index is 0.130. The molecule has 0 spiro atoms. The van der Waals surface area contributed by atoms with E-state index in [1.807, 2.05) is 30.7 Å². The number of nitrogens with zero attached hydrogens (tertiary/aromatic N) is 2. The second-order valence-corrected chi connectivity index (χ2v) is 8.94. The predicted octanol–water partition coefficient (Wildman–Crippen LogP) is 2.67. The molecule has 1 aromatic carbocycles. The Morgan fingerprint density at radius 2 is 1.87 bits per heavy atom. The summed E-state index contributed by atoms with van der Waals surface area (Å²) in [6.45, 7) is 8.41. The molecule has 2 aromatic rings. The van der Waals surface area contributed by atoms with Gasteiger partial charge in [0.2, 0.25) is 0 Å². The average molecular weight is 431 g/mol. The van der Waals surface area contributed by atoms with Gasteiger partial charge < -0.3 is 20.8 Å².